The van der Waals surface area contributed by atoms with Gasteiger partial charge in [-0.2, -0.15) is 0 Å². The van der Waals surface area contributed by atoms with Gasteiger partial charge in [0.2, 0.25) is 0 Å². The van der Waals surface area contributed by atoms with Gasteiger partial charge >= 0.3 is 5.97 Å². The van der Waals surface area contributed by atoms with Gasteiger partial charge in [0.15, 0.2) is 0 Å². The molecule has 0 unspecified atom stereocenters. The molecule has 0 aliphatic carbocycles. The SMILES string of the molecule is CC(C)(C)c1ccc(Cc2ccncc2C(=O)NNC(=O)/C=C/C(=O)O)cc1. The second kappa shape index (κ2) is 8.94. The van der Waals surface area contributed by atoms with Crippen molar-refractivity contribution in [1.82, 2.24) is 15.8 Å². The number of carbonyl (C=O) groups is 3. The Morgan fingerprint density at radius 3 is 2.32 bits per heavy atom. The first kappa shape index (κ1) is 20.8. The van der Waals surface area contributed by atoms with Crippen molar-refractivity contribution in [1.29, 1.82) is 0 Å². The van der Waals surface area contributed by atoms with Crippen LogP contribution < -0.4 is 10.9 Å². The van der Waals surface area contributed by atoms with Crippen LogP contribution in [0.3, 0.4) is 0 Å². The number of rotatable bonds is 5. The van der Waals surface area contributed by atoms with Gasteiger partial charge < -0.3 is 5.11 Å². The van der Waals surface area contributed by atoms with E-state index in [0.717, 1.165) is 17.2 Å². The van der Waals surface area contributed by atoms with Gasteiger partial charge in [0.05, 0.1) is 5.56 Å². The smallest absolute Gasteiger partial charge is 0.328 e. The van der Waals surface area contributed by atoms with Crippen molar-refractivity contribution in [3.63, 3.8) is 0 Å². The molecule has 146 valence electrons. The minimum Gasteiger partial charge on any atom is -0.478 e. The zero-order valence-corrected chi connectivity index (χ0v) is 16.0. The first-order valence-corrected chi connectivity index (χ1v) is 8.70. The summed E-state index contributed by atoms with van der Waals surface area (Å²) in [5, 5.41) is 8.49. The number of hydrogen-bond acceptors (Lipinski definition) is 4. The van der Waals surface area contributed by atoms with Crippen LogP contribution in [0.5, 0.6) is 0 Å². The molecule has 2 amide bonds. The maximum atomic E-state index is 12.4. The molecule has 2 rings (SSSR count). The van der Waals surface area contributed by atoms with Crippen molar-refractivity contribution in [2.45, 2.75) is 32.6 Å². The highest BCUT2D eigenvalue weighted by molar-refractivity contribution is 5.99. The van der Waals surface area contributed by atoms with Gasteiger partial charge in [-0.1, -0.05) is 45.0 Å². The predicted octanol–water partition coefficient (Wildman–Crippen LogP) is 2.37. The van der Waals surface area contributed by atoms with Crippen molar-refractivity contribution in [3.05, 3.63) is 77.1 Å². The molecule has 0 aliphatic heterocycles. The lowest BCUT2D eigenvalue weighted by Gasteiger charge is -2.19. The summed E-state index contributed by atoms with van der Waals surface area (Å²) >= 11 is 0. The number of hydrazine groups is 1. The van der Waals surface area contributed by atoms with Crippen molar-refractivity contribution < 1.29 is 19.5 Å². The number of nitrogens with zero attached hydrogens (tertiary/aromatic N) is 1. The molecular formula is C21H23N3O4. The van der Waals surface area contributed by atoms with E-state index in [0.29, 0.717) is 18.1 Å². The number of carbonyl (C=O) groups excluding carboxylic acids is 2. The largest absolute Gasteiger partial charge is 0.478 e. The first-order chi connectivity index (χ1) is 13.2. The molecule has 0 fully saturated rings. The monoisotopic (exact) mass is 381 g/mol. The summed E-state index contributed by atoms with van der Waals surface area (Å²) in [5.41, 5.74) is 7.80. The Morgan fingerprint density at radius 2 is 1.71 bits per heavy atom. The van der Waals surface area contributed by atoms with Gasteiger partial charge in [-0.05, 0) is 34.6 Å². The van der Waals surface area contributed by atoms with Crippen LogP contribution in [0.2, 0.25) is 0 Å². The molecule has 7 heteroatoms. The lowest BCUT2D eigenvalue weighted by Crippen LogP contribution is -2.41. The maximum absolute atomic E-state index is 12.4. The minimum absolute atomic E-state index is 0.0630. The van der Waals surface area contributed by atoms with Crippen molar-refractivity contribution in [2.24, 2.45) is 0 Å². The average Bonchev–Trinajstić information content (AvgIpc) is 2.64. The fourth-order valence-electron chi connectivity index (χ4n) is 2.50. The first-order valence-electron chi connectivity index (χ1n) is 8.70. The number of hydrogen-bond donors (Lipinski definition) is 3. The normalized spacial score (nSPS) is 11.2. The number of carboxylic acids is 1. The van der Waals surface area contributed by atoms with Crippen LogP contribution in [0.25, 0.3) is 0 Å². The lowest BCUT2D eigenvalue weighted by atomic mass is 9.86. The Hall–Kier alpha value is -3.48. The van der Waals surface area contributed by atoms with E-state index in [2.05, 4.69) is 48.7 Å². The van der Waals surface area contributed by atoms with Crippen molar-refractivity contribution in [2.75, 3.05) is 0 Å². The number of nitrogens with one attached hydrogen (secondary N) is 2. The molecule has 1 heterocycles. The van der Waals surface area contributed by atoms with E-state index in [1.165, 1.54) is 11.8 Å². The van der Waals surface area contributed by atoms with Crippen LogP contribution >= 0.6 is 0 Å². The molecule has 2 aromatic rings. The predicted molar refractivity (Wildman–Crippen MR) is 105 cm³/mol. The van der Waals surface area contributed by atoms with Crippen LogP contribution in [-0.2, 0) is 21.4 Å². The minimum atomic E-state index is -1.26. The number of amides is 2. The molecular weight excluding hydrogens is 358 g/mol. The standard InChI is InChI=1S/C21H23N3O4/c1-21(2,3)16-6-4-14(5-7-16)12-15-10-11-22-13-17(15)20(28)24-23-18(25)8-9-19(26)27/h4-11,13H,12H2,1-3H3,(H,23,25)(H,24,28)(H,26,27)/b9-8+. The Balaban J connectivity index is 2.09. The van der Waals surface area contributed by atoms with E-state index < -0.39 is 17.8 Å². The molecule has 0 atom stereocenters. The lowest BCUT2D eigenvalue weighted by molar-refractivity contribution is -0.131. The Bertz CT molecular complexity index is 897. The van der Waals surface area contributed by atoms with Crippen LogP contribution in [-0.4, -0.2) is 27.9 Å². The molecule has 0 bridgehead atoms. The Morgan fingerprint density at radius 1 is 1.04 bits per heavy atom. The number of aliphatic carboxylic acids is 1. The highest BCUT2D eigenvalue weighted by Gasteiger charge is 2.15. The third-order valence-electron chi connectivity index (χ3n) is 4.05. The second-order valence-electron chi connectivity index (χ2n) is 7.27. The van der Waals surface area contributed by atoms with Gasteiger partial charge in [0.1, 0.15) is 0 Å². The second-order valence-corrected chi connectivity index (χ2v) is 7.27. The number of aromatic nitrogens is 1. The van der Waals surface area contributed by atoms with Crippen LogP contribution in [0.4, 0.5) is 0 Å². The average molecular weight is 381 g/mol. The molecule has 0 saturated heterocycles. The van der Waals surface area contributed by atoms with Gasteiger partial charge in [0.25, 0.3) is 11.8 Å². The Kier molecular flexibility index (Phi) is 6.65. The molecule has 1 aromatic carbocycles. The quantitative estimate of drug-likeness (QED) is 0.544. The van der Waals surface area contributed by atoms with E-state index in [4.69, 9.17) is 5.11 Å². The molecule has 0 saturated carbocycles. The van der Waals surface area contributed by atoms with E-state index in [1.54, 1.807) is 12.3 Å². The summed E-state index contributed by atoms with van der Waals surface area (Å²) in [6.07, 6.45) is 5.04. The van der Waals surface area contributed by atoms with Crippen LogP contribution in [0, 0.1) is 0 Å². The molecule has 7 nitrogen and oxygen atoms in total. The zero-order valence-electron chi connectivity index (χ0n) is 16.0. The van der Waals surface area contributed by atoms with Gasteiger partial charge in [0, 0.05) is 24.5 Å². The van der Waals surface area contributed by atoms with E-state index in [9.17, 15) is 14.4 Å². The molecule has 0 spiro atoms. The van der Waals surface area contributed by atoms with Crippen molar-refractivity contribution >= 4 is 17.8 Å². The van der Waals surface area contributed by atoms with Gasteiger partial charge in [-0.3, -0.25) is 25.4 Å². The third-order valence-corrected chi connectivity index (χ3v) is 4.05. The number of pyridine rings is 1. The summed E-state index contributed by atoms with van der Waals surface area (Å²) in [5.74, 6) is -2.54. The summed E-state index contributed by atoms with van der Waals surface area (Å²) in [6.45, 7) is 6.44. The Labute approximate surface area is 163 Å². The molecule has 28 heavy (non-hydrogen) atoms. The summed E-state index contributed by atoms with van der Waals surface area (Å²) in [4.78, 5) is 38.2. The molecule has 3 N–H and O–H groups in total. The summed E-state index contributed by atoms with van der Waals surface area (Å²) in [6, 6.07) is 9.96. The molecule has 0 aliphatic rings. The summed E-state index contributed by atoms with van der Waals surface area (Å²) in [7, 11) is 0. The highest BCUT2D eigenvalue weighted by atomic mass is 16.4. The maximum Gasteiger partial charge on any atom is 0.328 e. The zero-order chi connectivity index (χ0) is 20.7. The number of carboxylic acid groups (broad SMARTS) is 1. The summed E-state index contributed by atoms with van der Waals surface area (Å²) < 4.78 is 0. The topological polar surface area (TPSA) is 108 Å². The van der Waals surface area contributed by atoms with Crippen LogP contribution in [0.15, 0.2) is 54.9 Å². The third kappa shape index (κ3) is 6.05. The van der Waals surface area contributed by atoms with E-state index in [-0.39, 0.29) is 5.41 Å². The van der Waals surface area contributed by atoms with Gasteiger partial charge in [-0.15, -0.1) is 0 Å². The fourth-order valence-corrected chi connectivity index (χ4v) is 2.50. The molecule has 0 radical (unpaired) electrons. The van der Waals surface area contributed by atoms with Crippen LogP contribution in [0.1, 0.15) is 47.8 Å². The number of benzene rings is 1. The van der Waals surface area contributed by atoms with E-state index >= 15 is 0 Å². The molecule has 1 aromatic heterocycles. The van der Waals surface area contributed by atoms with Crippen molar-refractivity contribution in [3.8, 4) is 0 Å². The highest BCUT2D eigenvalue weighted by Crippen LogP contribution is 2.23. The fraction of sp³-hybridized carbons (Fsp3) is 0.238. The van der Waals surface area contributed by atoms with E-state index in [1.807, 2.05) is 12.1 Å². The van der Waals surface area contributed by atoms with Gasteiger partial charge in [-0.25, -0.2) is 4.79 Å².